The summed E-state index contributed by atoms with van der Waals surface area (Å²) in [5.74, 6) is -0.139. The van der Waals surface area contributed by atoms with Crippen LogP contribution in [0.2, 0.25) is 0 Å². The molecule has 2 aromatic rings. The van der Waals surface area contributed by atoms with E-state index in [4.69, 9.17) is 4.74 Å². The van der Waals surface area contributed by atoms with E-state index in [1.54, 1.807) is 0 Å². The maximum absolute atomic E-state index is 13.1. The van der Waals surface area contributed by atoms with Crippen LogP contribution in [0.4, 0.5) is 24.7 Å². The van der Waals surface area contributed by atoms with Crippen molar-refractivity contribution in [3.63, 3.8) is 0 Å². The zero-order valence-electron chi connectivity index (χ0n) is 15.1. The number of amides is 1. The number of carbonyl (C=O) groups is 1. The number of nitrogens with zero attached hydrogens (tertiary/aromatic N) is 2. The number of halogens is 3. The van der Waals surface area contributed by atoms with Crippen molar-refractivity contribution in [2.45, 2.75) is 6.18 Å². The first-order valence-corrected chi connectivity index (χ1v) is 8.91. The van der Waals surface area contributed by atoms with Crippen LogP contribution in [0.1, 0.15) is 15.9 Å². The Kier molecular flexibility index (Phi) is 6.48. The van der Waals surface area contributed by atoms with Gasteiger partial charge in [0.2, 0.25) is 0 Å². The van der Waals surface area contributed by atoms with Gasteiger partial charge in [-0.15, -0.1) is 0 Å². The number of alkyl halides is 3. The summed E-state index contributed by atoms with van der Waals surface area (Å²) in [6.45, 7) is 4.61. The minimum Gasteiger partial charge on any atom is -0.379 e. The number of para-hydroxylation sites is 1. The summed E-state index contributed by atoms with van der Waals surface area (Å²) in [6.07, 6.45) is -3.10. The van der Waals surface area contributed by atoms with Gasteiger partial charge in [-0.1, -0.05) is 12.1 Å². The first-order valence-electron chi connectivity index (χ1n) is 8.91. The van der Waals surface area contributed by atoms with Crippen molar-refractivity contribution < 1.29 is 22.7 Å². The molecule has 28 heavy (non-hydrogen) atoms. The lowest BCUT2D eigenvalue weighted by molar-refractivity contribution is -0.136. The molecule has 1 fully saturated rings. The van der Waals surface area contributed by atoms with Crippen molar-refractivity contribution in [1.29, 1.82) is 0 Å². The summed E-state index contributed by atoms with van der Waals surface area (Å²) in [4.78, 5) is 18.8. The molecule has 1 aliphatic rings. The zero-order chi connectivity index (χ0) is 20.0. The maximum atomic E-state index is 13.1. The van der Waals surface area contributed by atoms with E-state index in [-0.39, 0.29) is 11.3 Å². The third-order valence-electron chi connectivity index (χ3n) is 4.34. The molecule has 9 heteroatoms. The van der Waals surface area contributed by atoms with Crippen molar-refractivity contribution in [3.05, 3.63) is 53.7 Å². The lowest BCUT2D eigenvalue weighted by atomic mass is 10.1. The molecule has 2 heterocycles. The third kappa shape index (κ3) is 5.43. The Morgan fingerprint density at radius 1 is 1.18 bits per heavy atom. The van der Waals surface area contributed by atoms with Crippen molar-refractivity contribution in [2.75, 3.05) is 50.0 Å². The summed E-state index contributed by atoms with van der Waals surface area (Å²) in [6, 6.07) is 7.85. The van der Waals surface area contributed by atoms with E-state index < -0.39 is 17.6 Å². The quantitative estimate of drug-likeness (QED) is 0.788. The Bertz CT molecular complexity index is 808. The molecule has 0 bridgehead atoms. The van der Waals surface area contributed by atoms with Crippen molar-refractivity contribution in [3.8, 4) is 0 Å². The lowest BCUT2D eigenvalue weighted by Gasteiger charge is -2.26. The minimum atomic E-state index is -4.55. The fourth-order valence-corrected chi connectivity index (χ4v) is 2.87. The predicted molar refractivity (Wildman–Crippen MR) is 99.4 cm³/mol. The number of pyridine rings is 1. The Labute approximate surface area is 160 Å². The zero-order valence-corrected chi connectivity index (χ0v) is 15.1. The Balaban J connectivity index is 1.61. The molecule has 0 unspecified atom stereocenters. The molecular weight excluding hydrogens is 373 g/mol. The Morgan fingerprint density at radius 2 is 1.93 bits per heavy atom. The maximum Gasteiger partial charge on any atom is 0.418 e. The van der Waals surface area contributed by atoms with Gasteiger partial charge >= 0.3 is 6.18 Å². The molecule has 1 aromatic carbocycles. The summed E-state index contributed by atoms with van der Waals surface area (Å²) in [5, 5.41) is 5.46. The summed E-state index contributed by atoms with van der Waals surface area (Å²) in [5.41, 5.74) is -0.944. The molecule has 1 aromatic heterocycles. The van der Waals surface area contributed by atoms with Crippen molar-refractivity contribution >= 4 is 17.4 Å². The van der Waals surface area contributed by atoms with E-state index in [9.17, 15) is 18.0 Å². The standard InChI is InChI=1S/C19H21F3N4O2/c20-19(21,22)15-3-1-2-4-16(15)25-18(27)14-5-6-23-17(13-14)24-7-8-26-9-11-28-12-10-26/h1-6,13H,7-12H2,(H,23,24)(H,25,27). The smallest absolute Gasteiger partial charge is 0.379 e. The SMILES string of the molecule is O=C(Nc1ccccc1C(F)(F)F)c1ccnc(NCCN2CCOCC2)c1. The Hall–Kier alpha value is -2.65. The molecule has 1 amide bonds. The fraction of sp³-hybridized carbons (Fsp3) is 0.368. The topological polar surface area (TPSA) is 66.5 Å². The van der Waals surface area contributed by atoms with Crippen molar-refractivity contribution in [1.82, 2.24) is 9.88 Å². The van der Waals surface area contributed by atoms with Gasteiger partial charge in [0.05, 0.1) is 24.5 Å². The number of aromatic nitrogens is 1. The van der Waals surface area contributed by atoms with E-state index in [0.29, 0.717) is 25.6 Å². The molecule has 1 aliphatic heterocycles. The van der Waals surface area contributed by atoms with Crippen molar-refractivity contribution in [2.24, 2.45) is 0 Å². The molecule has 3 rings (SSSR count). The number of rotatable bonds is 6. The van der Waals surface area contributed by atoms with Gasteiger partial charge in [-0.2, -0.15) is 13.2 Å². The predicted octanol–water partition coefficient (Wildman–Crippen LogP) is 3.10. The minimum absolute atomic E-state index is 0.223. The number of hydrogen-bond donors (Lipinski definition) is 2. The molecule has 0 spiro atoms. The van der Waals surface area contributed by atoms with Crippen LogP contribution in [-0.4, -0.2) is 55.2 Å². The van der Waals surface area contributed by atoms with Crippen LogP contribution < -0.4 is 10.6 Å². The Morgan fingerprint density at radius 3 is 2.68 bits per heavy atom. The summed E-state index contributed by atoms with van der Waals surface area (Å²) >= 11 is 0. The highest BCUT2D eigenvalue weighted by molar-refractivity contribution is 6.05. The highest BCUT2D eigenvalue weighted by atomic mass is 19.4. The second kappa shape index (κ2) is 9.03. The molecule has 0 aliphatic carbocycles. The second-order valence-electron chi connectivity index (χ2n) is 6.31. The average Bonchev–Trinajstić information content (AvgIpc) is 2.69. The number of hydrogen-bond acceptors (Lipinski definition) is 5. The van der Waals surface area contributed by atoms with E-state index in [1.165, 1.54) is 36.5 Å². The van der Waals surface area contributed by atoms with E-state index in [0.717, 1.165) is 25.7 Å². The van der Waals surface area contributed by atoms with Crippen LogP contribution in [0.15, 0.2) is 42.6 Å². The molecule has 0 saturated carbocycles. The number of carbonyl (C=O) groups excluding carboxylic acids is 1. The van der Waals surface area contributed by atoms with Crippen LogP contribution in [0.5, 0.6) is 0 Å². The van der Waals surface area contributed by atoms with Gasteiger partial charge in [0.25, 0.3) is 5.91 Å². The van der Waals surface area contributed by atoms with Crippen LogP contribution in [-0.2, 0) is 10.9 Å². The molecule has 2 N–H and O–H groups in total. The highest BCUT2D eigenvalue weighted by Gasteiger charge is 2.33. The largest absolute Gasteiger partial charge is 0.418 e. The first kappa shape index (κ1) is 20.1. The van der Waals surface area contributed by atoms with E-state index in [1.807, 2.05) is 0 Å². The van der Waals surface area contributed by atoms with Crippen LogP contribution in [0.25, 0.3) is 0 Å². The van der Waals surface area contributed by atoms with Crippen LogP contribution >= 0.6 is 0 Å². The summed E-state index contributed by atoms with van der Waals surface area (Å²) < 4.78 is 44.5. The average molecular weight is 394 g/mol. The first-order chi connectivity index (χ1) is 13.4. The number of anilines is 2. The van der Waals surface area contributed by atoms with Gasteiger partial charge < -0.3 is 15.4 Å². The van der Waals surface area contributed by atoms with Gasteiger partial charge in [-0.05, 0) is 24.3 Å². The number of ether oxygens (including phenoxy) is 1. The van der Waals surface area contributed by atoms with Gasteiger partial charge in [-0.3, -0.25) is 9.69 Å². The van der Waals surface area contributed by atoms with Crippen LogP contribution in [0.3, 0.4) is 0 Å². The van der Waals surface area contributed by atoms with Gasteiger partial charge in [0.15, 0.2) is 0 Å². The van der Waals surface area contributed by atoms with Gasteiger partial charge in [-0.25, -0.2) is 4.98 Å². The van der Waals surface area contributed by atoms with Gasteiger partial charge in [0.1, 0.15) is 5.82 Å². The van der Waals surface area contributed by atoms with Gasteiger partial charge in [0, 0.05) is 37.9 Å². The fourth-order valence-electron chi connectivity index (χ4n) is 2.87. The molecule has 1 saturated heterocycles. The molecular formula is C19H21F3N4O2. The normalized spacial score (nSPS) is 15.2. The molecule has 6 nitrogen and oxygen atoms in total. The number of benzene rings is 1. The molecule has 0 radical (unpaired) electrons. The molecule has 0 atom stereocenters. The number of nitrogens with one attached hydrogen (secondary N) is 2. The third-order valence-corrected chi connectivity index (χ3v) is 4.34. The van der Waals surface area contributed by atoms with E-state index >= 15 is 0 Å². The lowest BCUT2D eigenvalue weighted by Crippen LogP contribution is -2.39. The number of morpholine rings is 1. The molecule has 150 valence electrons. The van der Waals surface area contributed by atoms with Crippen LogP contribution in [0, 0.1) is 0 Å². The second-order valence-corrected chi connectivity index (χ2v) is 6.31. The monoisotopic (exact) mass is 394 g/mol. The summed E-state index contributed by atoms with van der Waals surface area (Å²) in [7, 11) is 0. The van der Waals surface area contributed by atoms with E-state index in [2.05, 4.69) is 20.5 Å². The highest BCUT2D eigenvalue weighted by Crippen LogP contribution is 2.34.